The molecule has 1 heterocycles. The number of hydrogen-bond donors (Lipinski definition) is 0. The minimum Gasteiger partial charge on any atom is -0.339 e. The SMILES string of the molecule is O=C(c1cc(Cl)ccc1I)N1CCC(C(F)(F)F)CC1. The number of benzene rings is 1. The van der Waals surface area contributed by atoms with Crippen molar-refractivity contribution in [2.45, 2.75) is 19.0 Å². The second-order valence-electron chi connectivity index (χ2n) is 4.73. The number of piperidine rings is 1. The molecule has 1 aromatic rings. The fourth-order valence-electron chi connectivity index (χ4n) is 2.24. The first-order chi connectivity index (χ1) is 9.29. The Kier molecular flexibility index (Phi) is 4.84. The molecule has 2 nitrogen and oxygen atoms in total. The number of alkyl halides is 3. The van der Waals surface area contributed by atoms with Crippen LogP contribution in [0.2, 0.25) is 5.02 Å². The van der Waals surface area contributed by atoms with Gasteiger partial charge in [0, 0.05) is 21.7 Å². The summed E-state index contributed by atoms with van der Waals surface area (Å²) in [4.78, 5) is 13.8. The Labute approximate surface area is 133 Å². The molecule has 0 N–H and O–H groups in total. The van der Waals surface area contributed by atoms with Gasteiger partial charge in [0.2, 0.25) is 0 Å². The van der Waals surface area contributed by atoms with Gasteiger partial charge in [-0.3, -0.25) is 4.79 Å². The van der Waals surface area contributed by atoms with Crippen LogP contribution in [0.1, 0.15) is 23.2 Å². The lowest BCUT2D eigenvalue weighted by Crippen LogP contribution is -2.42. The molecule has 0 aromatic heterocycles. The van der Waals surface area contributed by atoms with E-state index in [0.29, 0.717) is 10.6 Å². The Morgan fingerprint density at radius 1 is 1.30 bits per heavy atom. The summed E-state index contributed by atoms with van der Waals surface area (Å²) in [7, 11) is 0. The summed E-state index contributed by atoms with van der Waals surface area (Å²) in [6.07, 6.45) is -4.24. The van der Waals surface area contributed by atoms with Crippen LogP contribution in [0.4, 0.5) is 13.2 Å². The van der Waals surface area contributed by atoms with E-state index in [0.717, 1.165) is 3.57 Å². The molecular weight excluding hydrogens is 406 g/mol. The molecule has 1 aliphatic rings. The Bertz CT molecular complexity index is 513. The number of likely N-dealkylation sites (tertiary alicyclic amines) is 1. The third kappa shape index (κ3) is 3.58. The van der Waals surface area contributed by atoms with E-state index in [1.54, 1.807) is 18.2 Å². The molecule has 1 aromatic carbocycles. The fraction of sp³-hybridized carbons (Fsp3) is 0.462. The van der Waals surface area contributed by atoms with Crippen LogP contribution in [0.5, 0.6) is 0 Å². The first-order valence-electron chi connectivity index (χ1n) is 6.10. The van der Waals surface area contributed by atoms with Crippen LogP contribution in [-0.2, 0) is 0 Å². The molecule has 0 aliphatic carbocycles. The van der Waals surface area contributed by atoms with E-state index in [-0.39, 0.29) is 31.8 Å². The molecule has 1 saturated heterocycles. The molecule has 0 bridgehead atoms. The van der Waals surface area contributed by atoms with Gasteiger partial charge in [0.1, 0.15) is 0 Å². The van der Waals surface area contributed by atoms with Gasteiger partial charge in [-0.05, 0) is 53.6 Å². The maximum atomic E-state index is 12.6. The van der Waals surface area contributed by atoms with Gasteiger partial charge in [-0.1, -0.05) is 11.6 Å². The largest absolute Gasteiger partial charge is 0.391 e. The van der Waals surface area contributed by atoms with E-state index in [4.69, 9.17) is 11.6 Å². The monoisotopic (exact) mass is 417 g/mol. The summed E-state index contributed by atoms with van der Waals surface area (Å²) in [5, 5.41) is 0.443. The topological polar surface area (TPSA) is 20.3 Å². The van der Waals surface area contributed by atoms with Crippen LogP contribution in [0.25, 0.3) is 0 Å². The lowest BCUT2D eigenvalue weighted by Gasteiger charge is -2.33. The van der Waals surface area contributed by atoms with Crippen LogP contribution in [-0.4, -0.2) is 30.1 Å². The molecule has 110 valence electrons. The van der Waals surface area contributed by atoms with Crippen LogP contribution >= 0.6 is 34.2 Å². The van der Waals surface area contributed by atoms with E-state index < -0.39 is 12.1 Å². The Balaban J connectivity index is 2.07. The molecule has 20 heavy (non-hydrogen) atoms. The van der Waals surface area contributed by atoms with Gasteiger partial charge in [-0.25, -0.2) is 0 Å². The molecule has 7 heteroatoms. The maximum Gasteiger partial charge on any atom is 0.391 e. The van der Waals surface area contributed by atoms with Crippen molar-refractivity contribution in [3.63, 3.8) is 0 Å². The molecule has 0 saturated carbocycles. The zero-order valence-electron chi connectivity index (χ0n) is 10.4. The van der Waals surface area contributed by atoms with Gasteiger partial charge in [-0.2, -0.15) is 13.2 Å². The van der Waals surface area contributed by atoms with Crippen molar-refractivity contribution in [2.75, 3.05) is 13.1 Å². The molecule has 1 aliphatic heterocycles. The number of carbonyl (C=O) groups excluding carboxylic acids is 1. The second kappa shape index (κ2) is 6.09. The smallest absolute Gasteiger partial charge is 0.339 e. The fourth-order valence-corrected chi connectivity index (χ4v) is 2.98. The van der Waals surface area contributed by atoms with E-state index in [1.165, 1.54) is 4.90 Å². The lowest BCUT2D eigenvalue weighted by molar-refractivity contribution is -0.183. The van der Waals surface area contributed by atoms with Crippen molar-refractivity contribution in [1.82, 2.24) is 4.90 Å². The highest BCUT2D eigenvalue weighted by Crippen LogP contribution is 2.34. The van der Waals surface area contributed by atoms with Crippen molar-refractivity contribution >= 4 is 40.1 Å². The quantitative estimate of drug-likeness (QED) is 0.622. The molecular formula is C13H12ClF3INO. The van der Waals surface area contributed by atoms with Crippen molar-refractivity contribution in [2.24, 2.45) is 5.92 Å². The predicted molar refractivity (Wildman–Crippen MR) is 78.9 cm³/mol. The van der Waals surface area contributed by atoms with E-state index in [2.05, 4.69) is 0 Å². The molecule has 0 spiro atoms. The zero-order valence-corrected chi connectivity index (χ0v) is 13.3. The maximum absolute atomic E-state index is 12.6. The highest BCUT2D eigenvalue weighted by atomic mass is 127. The van der Waals surface area contributed by atoms with Crippen molar-refractivity contribution < 1.29 is 18.0 Å². The number of amides is 1. The zero-order chi connectivity index (χ0) is 14.9. The molecule has 1 fully saturated rings. The number of rotatable bonds is 1. The third-order valence-corrected chi connectivity index (χ3v) is 4.58. The average molecular weight is 418 g/mol. The summed E-state index contributed by atoms with van der Waals surface area (Å²) < 4.78 is 38.5. The van der Waals surface area contributed by atoms with E-state index >= 15 is 0 Å². The first-order valence-corrected chi connectivity index (χ1v) is 7.56. The lowest BCUT2D eigenvalue weighted by atomic mass is 9.96. The number of carbonyl (C=O) groups is 1. The van der Waals surface area contributed by atoms with E-state index in [9.17, 15) is 18.0 Å². The van der Waals surface area contributed by atoms with Crippen LogP contribution < -0.4 is 0 Å². The Morgan fingerprint density at radius 3 is 2.45 bits per heavy atom. The van der Waals surface area contributed by atoms with Crippen molar-refractivity contribution in [1.29, 1.82) is 0 Å². The third-order valence-electron chi connectivity index (χ3n) is 3.40. The number of nitrogens with zero attached hydrogens (tertiary/aromatic N) is 1. The van der Waals surface area contributed by atoms with Crippen LogP contribution in [0.3, 0.4) is 0 Å². The second-order valence-corrected chi connectivity index (χ2v) is 6.33. The van der Waals surface area contributed by atoms with Gasteiger partial charge in [0.15, 0.2) is 0 Å². The highest BCUT2D eigenvalue weighted by molar-refractivity contribution is 14.1. The predicted octanol–water partition coefficient (Wildman–Crippen LogP) is 4.36. The minimum atomic E-state index is -4.17. The summed E-state index contributed by atoms with van der Waals surface area (Å²) >= 11 is 7.88. The first kappa shape index (κ1) is 15.9. The Morgan fingerprint density at radius 2 is 1.90 bits per heavy atom. The Hall–Kier alpha value is -0.500. The van der Waals surface area contributed by atoms with E-state index in [1.807, 2.05) is 22.6 Å². The molecule has 0 unspecified atom stereocenters. The van der Waals surface area contributed by atoms with Gasteiger partial charge >= 0.3 is 6.18 Å². The molecule has 2 rings (SSSR count). The summed E-state index contributed by atoms with van der Waals surface area (Å²) in [6, 6.07) is 4.95. The minimum absolute atomic E-state index is 0.0353. The normalized spacial score (nSPS) is 17.4. The number of halogens is 5. The highest BCUT2D eigenvalue weighted by Gasteiger charge is 2.41. The average Bonchev–Trinajstić information content (AvgIpc) is 2.40. The summed E-state index contributed by atoms with van der Waals surface area (Å²) in [6.45, 7) is 0.261. The van der Waals surface area contributed by atoms with Crippen LogP contribution in [0, 0.1) is 9.49 Å². The van der Waals surface area contributed by atoms with Gasteiger partial charge in [-0.15, -0.1) is 0 Å². The molecule has 0 radical (unpaired) electrons. The van der Waals surface area contributed by atoms with Gasteiger partial charge in [0.25, 0.3) is 5.91 Å². The van der Waals surface area contributed by atoms with Gasteiger partial charge in [0.05, 0.1) is 11.5 Å². The molecule has 0 atom stereocenters. The number of hydrogen-bond acceptors (Lipinski definition) is 1. The van der Waals surface area contributed by atoms with Crippen molar-refractivity contribution in [3.05, 3.63) is 32.4 Å². The molecule has 1 amide bonds. The van der Waals surface area contributed by atoms with Crippen molar-refractivity contribution in [3.8, 4) is 0 Å². The summed E-state index contributed by atoms with van der Waals surface area (Å²) in [5.41, 5.74) is 0.448. The standard InChI is InChI=1S/C13H12ClF3INO/c14-9-1-2-11(18)10(7-9)12(20)19-5-3-8(4-6-19)13(15,16)17/h1-2,7-8H,3-6H2. The summed E-state index contributed by atoms with van der Waals surface area (Å²) in [5.74, 6) is -1.55. The van der Waals surface area contributed by atoms with Gasteiger partial charge < -0.3 is 4.90 Å². The van der Waals surface area contributed by atoms with Crippen LogP contribution in [0.15, 0.2) is 18.2 Å².